The Morgan fingerprint density at radius 3 is 2.59 bits per heavy atom. The second-order valence-electron chi connectivity index (χ2n) is 7.19. The van der Waals surface area contributed by atoms with Crippen molar-refractivity contribution in [2.24, 2.45) is 0 Å². The maximum atomic E-state index is 13.1. The summed E-state index contributed by atoms with van der Waals surface area (Å²) in [6.45, 7) is 0.194. The van der Waals surface area contributed by atoms with Gasteiger partial charge in [0.1, 0.15) is 0 Å². The van der Waals surface area contributed by atoms with E-state index in [9.17, 15) is 18.0 Å². The van der Waals surface area contributed by atoms with Crippen molar-refractivity contribution in [2.75, 3.05) is 19.6 Å². The van der Waals surface area contributed by atoms with E-state index in [-0.39, 0.29) is 36.0 Å². The lowest BCUT2D eigenvalue weighted by atomic mass is 10.0. The molecular weight excluding hydrogens is 470 g/mol. The zero-order valence-corrected chi connectivity index (χ0v) is 19.2. The minimum atomic E-state index is -3.90. The average Bonchev–Trinajstić information content (AvgIpc) is 3.33. The summed E-state index contributed by atoms with van der Waals surface area (Å²) in [4.78, 5) is 25.6. The number of hydrogen-bond donors (Lipinski definition) is 2. The molecule has 32 heavy (non-hydrogen) atoms. The first kappa shape index (κ1) is 22.5. The molecule has 1 aliphatic heterocycles. The molecular formula is C22H20ClN3O4S2. The third-order valence-corrected chi connectivity index (χ3v) is 8.07. The molecule has 2 heterocycles. The van der Waals surface area contributed by atoms with Crippen LogP contribution in [0, 0.1) is 0 Å². The van der Waals surface area contributed by atoms with Crippen LogP contribution in [0.5, 0.6) is 0 Å². The molecule has 1 saturated heterocycles. The summed E-state index contributed by atoms with van der Waals surface area (Å²) in [6.07, 6.45) is 0. The van der Waals surface area contributed by atoms with Crippen molar-refractivity contribution in [1.82, 2.24) is 14.9 Å². The fraction of sp³-hybridized carbons (Fsp3) is 0.182. The maximum absolute atomic E-state index is 13.1. The van der Waals surface area contributed by atoms with E-state index < -0.39 is 22.0 Å². The largest absolute Gasteiger partial charge is 0.354 e. The van der Waals surface area contributed by atoms with Crippen LogP contribution in [0.15, 0.2) is 70.9 Å². The Balaban J connectivity index is 1.60. The second kappa shape index (κ2) is 9.41. The number of hydrogen-bond acceptors (Lipinski definition) is 5. The third kappa shape index (κ3) is 4.86. The summed E-state index contributed by atoms with van der Waals surface area (Å²) < 4.78 is 27.1. The van der Waals surface area contributed by atoms with Crippen molar-refractivity contribution >= 4 is 44.8 Å². The minimum Gasteiger partial charge on any atom is -0.354 e. The molecule has 4 rings (SSSR count). The summed E-state index contributed by atoms with van der Waals surface area (Å²) in [6, 6.07) is 16.5. The van der Waals surface area contributed by atoms with Gasteiger partial charge in [-0.1, -0.05) is 35.9 Å². The number of halogens is 1. The van der Waals surface area contributed by atoms with E-state index in [1.165, 1.54) is 29.5 Å². The molecule has 0 spiro atoms. The summed E-state index contributed by atoms with van der Waals surface area (Å²) >= 11 is 7.51. The van der Waals surface area contributed by atoms with Crippen molar-refractivity contribution < 1.29 is 18.0 Å². The van der Waals surface area contributed by atoms with Gasteiger partial charge in [0.2, 0.25) is 15.9 Å². The number of amides is 2. The van der Waals surface area contributed by atoms with Gasteiger partial charge >= 0.3 is 0 Å². The lowest BCUT2D eigenvalue weighted by molar-refractivity contribution is -0.122. The third-order valence-electron chi connectivity index (χ3n) is 5.04. The van der Waals surface area contributed by atoms with Crippen LogP contribution in [0.4, 0.5) is 0 Å². The monoisotopic (exact) mass is 489 g/mol. The number of sulfonamides is 1. The molecule has 3 aromatic rings. The second-order valence-corrected chi connectivity index (χ2v) is 10.5. The molecule has 0 aliphatic carbocycles. The number of thiophene rings is 1. The Morgan fingerprint density at radius 1 is 1.12 bits per heavy atom. The number of benzene rings is 2. The van der Waals surface area contributed by atoms with Crippen LogP contribution in [0.3, 0.4) is 0 Å². The number of carbonyl (C=O) groups is 2. The minimum absolute atomic E-state index is 0.0287. The number of nitrogens with zero attached hydrogens (tertiary/aromatic N) is 1. The van der Waals surface area contributed by atoms with Gasteiger partial charge in [-0.2, -0.15) is 4.31 Å². The molecule has 166 valence electrons. The molecule has 0 radical (unpaired) electrons. The lowest BCUT2D eigenvalue weighted by Gasteiger charge is -2.26. The SMILES string of the molecule is O=C1CN(S(=O)(=O)c2cccc(C(=O)NC(c3ccc(Cl)cc3)c3cccs3)c2)CCN1. The van der Waals surface area contributed by atoms with Crippen molar-refractivity contribution in [3.63, 3.8) is 0 Å². The molecule has 2 N–H and O–H groups in total. The van der Waals surface area contributed by atoms with Crippen LogP contribution in [-0.4, -0.2) is 44.2 Å². The Labute approximate surface area is 195 Å². The molecule has 1 aliphatic rings. The number of carbonyl (C=O) groups excluding carboxylic acids is 2. The van der Waals surface area contributed by atoms with Gasteiger partial charge in [-0.05, 0) is 47.3 Å². The number of rotatable bonds is 6. The van der Waals surface area contributed by atoms with Gasteiger partial charge in [-0.25, -0.2) is 8.42 Å². The van der Waals surface area contributed by atoms with E-state index in [1.54, 1.807) is 18.2 Å². The summed E-state index contributed by atoms with van der Waals surface area (Å²) in [5.74, 6) is -0.762. The van der Waals surface area contributed by atoms with Gasteiger partial charge in [0.05, 0.1) is 17.5 Å². The van der Waals surface area contributed by atoms with Gasteiger partial charge in [0.15, 0.2) is 0 Å². The zero-order valence-electron chi connectivity index (χ0n) is 16.8. The highest BCUT2D eigenvalue weighted by Crippen LogP contribution is 2.28. The molecule has 0 saturated carbocycles. The maximum Gasteiger partial charge on any atom is 0.252 e. The summed E-state index contributed by atoms with van der Waals surface area (Å²) in [7, 11) is -3.90. The van der Waals surface area contributed by atoms with Crippen LogP contribution >= 0.6 is 22.9 Å². The van der Waals surface area contributed by atoms with Gasteiger partial charge in [-0.15, -0.1) is 11.3 Å². The average molecular weight is 490 g/mol. The molecule has 10 heteroatoms. The molecule has 2 aromatic carbocycles. The number of nitrogens with one attached hydrogen (secondary N) is 2. The summed E-state index contributed by atoms with van der Waals surface area (Å²) in [5, 5.41) is 8.11. The molecule has 1 atom stereocenters. The molecule has 7 nitrogen and oxygen atoms in total. The molecule has 0 bridgehead atoms. The normalized spacial score (nSPS) is 15.7. The summed E-state index contributed by atoms with van der Waals surface area (Å²) in [5.41, 5.74) is 1.07. The standard InChI is InChI=1S/C22H20ClN3O4S2/c23-17-8-6-15(7-9-17)21(19-5-2-12-31-19)25-22(28)16-3-1-4-18(13-16)32(29,30)26-11-10-24-20(27)14-26/h1-9,12-13,21H,10-11,14H2,(H,24,27)(H,25,28). The van der Waals surface area contributed by atoms with Crippen molar-refractivity contribution in [3.05, 3.63) is 87.1 Å². The van der Waals surface area contributed by atoms with E-state index in [0.29, 0.717) is 5.02 Å². The first-order valence-corrected chi connectivity index (χ1v) is 12.5. The van der Waals surface area contributed by atoms with Crippen LogP contribution in [0.2, 0.25) is 5.02 Å². The van der Waals surface area contributed by atoms with Gasteiger partial charge in [0.25, 0.3) is 5.91 Å². The smallest absolute Gasteiger partial charge is 0.252 e. The van der Waals surface area contributed by atoms with Crippen molar-refractivity contribution in [1.29, 1.82) is 0 Å². The predicted molar refractivity (Wildman–Crippen MR) is 123 cm³/mol. The van der Waals surface area contributed by atoms with Crippen molar-refractivity contribution in [2.45, 2.75) is 10.9 Å². The highest BCUT2D eigenvalue weighted by molar-refractivity contribution is 7.89. The topological polar surface area (TPSA) is 95.6 Å². The Morgan fingerprint density at radius 2 is 1.91 bits per heavy atom. The Kier molecular flexibility index (Phi) is 6.61. The Bertz CT molecular complexity index is 1230. The van der Waals surface area contributed by atoms with Crippen LogP contribution < -0.4 is 10.6 Å². The fourth-order valence-electron chi connectivity index (χ4n) is 3.41. The number of piperazine rings is 1. The van der Waals surface area contributed by atoms with Crippen LogP contribution in [-0.2, 0) is 14.8 Å². The highest BCUT2D eigenvalue weighted by atomic mass is 35.5. The molecule has 2 amide bonds. The fourth-order valence-corrected chi connectivity index (χ4v) is 5.78. The van der Waals surface area contributed by atoms with Crippen molar-refractivity contribution in [3.8, 4) is 0 Å². The first-order valence-electron chi connectivity index (χ1n) is 9.81. The van der Waals surface area contributed by atoms with E-state index in [2.05, 4.69) is 10.6 Å². The molecule has 1 fully saturated rings. The molecule has 1 aromatic heterocycles. The first-order chi connectivity index (χ1) is 15.3. The predicted octanol–water partition coefficient (Wildman–Crippen LogP) is 3.04. The van der Waals surface area contributed by atoms with E-state index >= 15 is 0 Å². The Hall–Kier alpha value is -2.72. The highest BCUT2D eigenvalue weighted by Gasteiger charge is 2.30. The quantitative estimate of drug-likeness (QED) is 0.556. The van der Waals surface area contributed by atoms with Crippen LogP contribution in [0.25, 0.3) is 0 Å². The molecule has 1 unspecified atom stereocenters. The van der Waals surface area contributed by atoms with Crippen LogP contribution in [0.1, 0.15) is 26.8 Å². The van der Waals surface area contributed by atoms with Gasteiger partial charge in [0, 0.05) is 28.6 Å². The lowest BCUT2D eigenvalue weighted by Crippen LogP contribution is -2.49. The zero-order chi connectivity index (χ0) is 22.7. The van der Waals surface area contributed by atoms with Gasteiger partial charge in [-0.3, -0.25) is 9.59 Å². The van der Waals surface area contributed by atoms with E-state index in [4.69, 9.17) is 11.6 Å². The van der Waals surface area contributed by atoms with Gasteiger partial charge < -0.3 is 10.6 Å². The van der Waals surface area contributed by atoms with E-state index in [1.807, 2.05) is 29.6 Å². The van der Waals surface area contributed by atoms with E-state index in [0.717, 1.165) is 14.7 Å².